The SMILES string of the molecule is CN1c2c(cc(S(=O)(=O)NC(=O)c3ccc(N4CCN(CC5=C(c6ccc(Cl)cc6)CC(C)(C)CC5)CC4)cc3Oc3cnc4[nH]ccc4c3)cc2[N+](=O)[O-])OC[C@H]1CN1CCOCC1. The molecule has 342 valence electrons. The van der Waals surface area contributed by atoms with Crippen molar-refractivity contribution in [3.8, 4) is 17.2 Å². The number of aromatic nitrogens is 2. The monoisotopic (exact) mass is 924 g/mol. The highest BCUT2D eigenvalue weighted by molar-refractivity contribution is 7.90. The average molecular weight is 926 g/mol. The number of allylic oxidation sites excluding steroid dienone is 1. The molecule has 65 heavy (non-hydrogen) atoms. The van der Waals surface area contributed by atoms with Crippen molar-refractivity contribution in [3.63, 3.8) is 0 Å². The number of likely N-dealkylation sites (N-methyl/N-ethyl adjacent to an activating group) is 1. The molecule has 3 aliphatic heterocycles. The summed E-state index contributed by atoms with van der Waals surface area (Å²) in [6.07, 6.45) is 6.46. The number of halogens is 1. The molecule has 0 spiro atoms. The summed E-state index contributed by atoms with van der Waals surface area (Å²) in [5.41, 5.74) is 5.44. The van der Waals surface area contributed by atoms with Crippen LogP contribution in [0.3, 0.4) is 0 Å². The van der Waals surface area contributed by atoms with E-state index in [2.05, 4.69) is 55.4 Å². The summed E-state index contributed by atoms with van der Waals surface area (Å²) in [7, 11) is -2.93. The molecule has 2 N–H and O–H groups in total. The first kappa shape index (κ1) is 44.5. The highest BCUT2D eigenvalue weighted by Gasteiger charge is 2.36. The van der Waals surface area contributed by atoms with Gasteiger partial charge in [-0.2, -0.15) is 0 Å². The smallest absolute Gasteiger partial charge is 0.297 e. The largest absolute Gasteiger partial charge is 0.489 e. The van der Waals surface area contributed by atoms with E-state index in [9.17, 15) is 23.3 Å². The Bertz CT molecular complexity index is 2750. The summed E-state index contributed by atoms with van der Waals surface area (Å²) in [6.45, 7) is 12.0. The number of nitrogens with one attached hydrogen (secondary N) is 2. The Morgan fingerprint density at radius 2 is 1.78 bits per heavy atom. The zero-order chi connectivity index (χ0) is 45.5. The molecule has 2 aromatic heterocycles. The summed E-state index contributed by atoms with van der Waals surface area (Å²) < 4.78 is 47.9. The van der Waals surface area contributed by atoms with Crippen LogP contribution in [0.5, 0.6) is 17.2 Å². The van der Waals surface area contributed by atoms with Crippen molar-refractivity contribution in [2.45, 2.75) is 44.0 Å². The first-order chi connectivity index (χ1) is 31.2. The van der Waals surface area contributed by atoms with Gasteiger partial charge in [0.1, 0.15) is 23.8 Å². The quantitative estimate of drug-likeness (QED) is 0.0940. The van der Waals surface area contributed by atoms with E-state index in [-0.39, 0.29) is 40.8 Å². The standard InChI is InChI=1S/C47H53ClN8O8S/c1-47(2)12-10-33(40(26-47)31-4-6-34(48)7-5-31)28-53-14-16-55(17-15-53)35-8-9-39(42(23-35)64-37-22-32-11-13-49-45(32)50-27-37)46(57)51-65(60,61)38-24-41(56(58)59)44-43(25-38)63-30-36(52(44)3)29-54-18-20-62-21-19-54/h4-9,11,13,22-25,27,36H,10,12,14-21,26,28-30H2,1-3H3,(H,49,50)(H,51,57)/t36-/m1/s1. The molecule has 0 unspecified atom stereocenters. The number of nitrogens with zero attached hydrogens (tertiary/aromatic N) is 6. The van der Waals surface area contributed by atoms with Crippen molar-refractivity contribution in [1.29, 1.82) is 0 Å². The van der Waals surface area contributed by atoms with Crippen molar-refractivity contribution < 1.29 is 32.3 Å². The third-order valence-electron chi connectivity index (χ3n) is 13.0. The molecule has 1 amide bonds. The van der Waals surface area contributed by atoms with Crippen LogP contribution in [0, 0.1) is 15.5 Å². The van der Waals surface area contributed by atoms with Gasteiger partial charge in [0.05, 0.1) is 40.8 Å². The summed E-state index contributed by atoms with van der Waals surface area (Å²) >= 11 is 6.25. The number of anilines is 2. The zero-order valence-electron chi connectivity index (χ0n) is 36.7. The molecule has 9 rings (SSSR count). The van der Waals surface area contributed by atoms with E-state index in [1.807, 2.05) is 18.2 Å². The number of carbonyl (C=O) groups is 1. The second-order valence-corrected chi connectivity index (χ2v) is 20.2. The number of H-pyrrole nitrogens is 1. The van der Waals surface area contributed by atoms with Gasteiger partial charge >= 0.3 is 0 Å². The lowest BCUT2D eigenvalue weighted by atomic mass is 9.72. The summed E-state index contributed by atoms with van der Waals surface area (Å²) in [5, 5.41) is 14.0. The second kappa shape index (κ2) is 18.3. The molecule has 4 aliphatic rings. The fourth-order valence-electron chi connectivity index (χ4n) is 9.28. The number of rotatable bonds is 12. The van der Waals surface area contributed by atoms with Gasteiger partial charge in [-0.05, 0) is 72.2 Å². The van der Waals surface area contributed by atoms with Crippen LogP contribution in [0.25, 0.3) is 16.6 Å². The number of morpholine rings is 1. The number of piperazine rings is 1. The highest BCUT2D eigenvalue weighted by Crippen LogP contribution is 2.45. The van der Waals surface area contributed by atoms with Crippen molar-refractivity contribution in [3.05, 3.63) is 111 Å². The molecule has 5 aromatic rings. The number of carbonyl (C=O) groups excluding carboxylic acids is 1. The number of hydrogen-bond acceptors (Lipinski definition) is 13. The number of pyridine rings is 1. The molecule has 5 heterocycles. The van der Waals surface area contributed by atoms with Crippen LogP contribution in [0.4, 0.5) is 17.1 Å². The van der Waals surface area contributed by atoms with Gasteiger partial charge < -0.3 is 29.0 Å². The van der Waals surface area contributed by atoms with Gasteiger partial charge in [-0.3, -0.25) is 24.7 Å². The summed E-state index contributed by atoms with van der Waals surface area (Å²) in [6, 6.07) is 18.8. The van der Waals surface area contributed by atoms with Gasteiger partial charge in [-0.25, -0.2) is 18.1 Å². The highest BCUT2D eigenvalue weighted by atomic mass is 35.5. The van der Waals surface area contributed by atoms with Crippen LogP contribution >= 0.6 is 11.6 Å². The third kappa shape index (κ3) is 9.80. The fraction of sp³-hybridized carbons (Fsp3) is 0.404. The third-order valence-corrected chi connectivity index (χ3v) is 14.6. The molecular weight excluding hydrogens is 872 g/mol. The Labute approximate surface area is 383 Å². The maximum Gasteiger partial charge on any atom is 0.297 e. The Balaban J connectivity index is 0.946. The van der Waals surface area contributed by atoms with Crippen molar-refractivity contribution in [2.75, 3.05) is 89.0 Å². The lowest BCUT2D eigenvalue weighted by molar-refractivity contribution is -0.384. The number of aromatic amines is 1. The van der Waals surface area contributed by atoms with Crippen LogP contribution in [-0.4, -0.2) is 124 Å². The normalized spacial score (nSPS) is 19.5. The van der Waals surface area contributed by atoms with E-state index in [1.165, 1.54) is 29.0 Å². The summed E-state index contributed by atoms with van der Waals surface area (Å²) in [5.74, 6) is -0.480. The van der Waals surface area contributed by atoms with Crippen LogP contribution < -0.4 is 24.0 Å². The molecule has 0 bridgehead atoms. The van der Waals surface area contributed by atoms with Gasteiger partial charge in [-0.15, -0.1) is 0 Å². The van der Waals surface area contributed by atoms with Crippen LogP contribution in [0.1, 0.15) is 49.0 Å². The Kier molecular flexibility index (Phi) is 12.5. The number of nitro benzene ring substituents is 1. The number of hydrogen-bond donors (Lipinski definition) is 2. The molecular formula is C47H53ClN8O8S. The minimum atomic E-state index is -4.66. The van der Waals surface area contributed by atoms with E-state index in [1.54, 1.807) is 42.4 Å². The summed E-state index contributed by atoms with van der Waals surface area (Å²) in [4.78, 5) is 41.6. The number of ether oxygens (including phenoxy) is 3. The van der Waals surface area contributed by atoms with Gasteiger partial charge in [0.15, 0.2) is 11.4 Å². The van der Waals surface area contributed by atoms with Crippen molar-refractivity contribution in [2.24, 2.45) is 5.41 Å². The lowest BCUT2D eigenvalue weighted by Gasteiger charge is -2.39. The predicted molar refractivity (Wildman–Crippen MR) is 250 cm³/mol. The maximum absolute atomic E-state index is 14.1. The van der Waals surface area contributed by atoms with Crippen molar-refractivity contribution >= 4 is 61.2 Å². The minimum absolute atomic E-state index is 0.0373. The van der Waals surface area contributed by atoms with Crippen LogP contribution in [0.2, 0.25) is 5.02 Å². The van der Waals surface area contributed by atoms with E-state index >= 15 is 0 Å². The lowest BCUT2D eigenvalue weighted by Crippen LogP contribution is -2.50. The number of sulfonamides is 1. The van der Waals surface area contributed by atoms with E-state index in [4.69, 9.17) is 25.8 Å². The zero-order valence-corrected chi connectivity index (χ0v) is 38.3. The molecule has 0 saturated carbocycles. The van der Waals surface area contributed by atoms with E-state index < -0.39 is 31.4 Å². The molecule has 16 nitrogen and oxygen atoms in total. The van der Waals surface area contributed by atoms with E-state index in [0.29, 0.717) is 44.2 Å². The number of nitro groups is 1. The van der Waals surface area contributed by atoms with E-state index in [0.717, 1.165) is 74.1 Å². The molecule has 1 aliphatic carbocycles. The minimum Gasteiger partial charge on any atom is -0.489 e. The molecule has 18 heteroatoms. The Morgan fingerprint density at radius 3 is 2.54 bits per heavy atom. The number of fused-ring (bicyclic) bond motifs is 2. The molecule has 2 fully saturated rings. The topological polar surface area (TPSA) is 176 Å². The number of amides is 1. The molecule has 0 radical (unpaired) electrons. The Morgan fingerprint density at radius 1 is 1.02 bits per heavy atom. The van der Waals surface area contributed by atoms with Gasteiger partial charge in [0, 0.05) is 99.9 Å². The van der Waals surface area contributed by atoms with Gasteiger partial charge in [-0.1, -0.05) is 43.2 Å². The fourth-order valence-corrected chi connectivity index (χ4v) is 10.4. The van der Waals surface area contributed by atoms with Gasteiger partial charge in [0.2, 0.25) is 0 Å². The predicted octanol–water partition coefficient (Wildman–Crippen LogP) is 7.35. The first-order valence-corrected chi connectivity index (χ1v) is 23.8. The molecule has 1 atom stereocenters. The molecule has 2 saturated heterocycles. The second-order valence-electron chi connectivity index (χ2n) is 18.0. The van der Waals surface area contributed by atoms with Gasteiger partial charge in [0.25, 0.3) is 21.6 Å². The first-order valence-electron chi connectivity index (χ1n) is 21.9. The van der Waals surface area contributed by atoms with Crippen LogP contribution in [0.15, 0.2) is 89.6 Å². The molecule has 3 aromatic carbocycles. The van der Waals surface area contributed by atoms with Crippen molar-refractivity contribution in [1.82, 2.24) is 24.5 Å². The average Bonchev–Trinajstić information content (AvgIpc) is 3.76. The Hall–Kier alpha value is -5.72. The maximum atomic E-state index is 14.1. The van der Waals surface area contributed by atoms with Crippen LogP contribution in [-0.2, 0) is 14.8 Å². The number of benzene rings is 3.